The number of anilines is 1. The van der Waals surface area contributed by atoms with E-state index in [9.17, 15) is 9.59 Å². The summed E-state index contributed by atoms with van der Waals surface area (Å²) in [6.07, 6.45) is 9.77. The van der Waals surface area contributed by atoms with E-state index in [0.29, 0.717) is 23.9 Å². The third-order valence-electron chi connectivity index (χ3n) is 6.10. The largest absolute Gasteiger partial charge is 0.339 e. The molecule has 3 rings (SSSR count). The molecule has 148 valence electrons. The van der Waals surface area contributed by atoms with Gasteiger partial charge in [0.15, 0.2) is 0 Å². The Bertz CT molecular complexity index is 617. The second-order valence-corrected chi connectivity index (χ2v) is 8.07. The molecule has 1 aliphatic heterocycles. The zero-order chi connectivity index (χ0) is 19.1. The number of carbonyl (C=O) groups is 2. The summed E-state index contributed by atoms with van der Waals surface area (Å²) in [4.78, 5) is 26.8. The molecule has 0 unspecified atom stereocenters. The minimum atomic E-state index is 0.0620. The van der Waals surface area contributed by atoms with Crippen molar-refractivity contribution in [3.05, 3.63) is 29.8 Å². The standard InChI is InChI=1S/C22H33N3O2/c1-25(20-5-3-2-4-6-20)22(27)18-8-10-19(11-9-18)24-21(26)12-7-17-13-15-23-16-14-17/h8-11,17,20,23H,2-7,12-16H2,1H3,(H,24,26). The van der Waals surface area contributed by atoms with E-state index < -0.39 is 0 Å². The topological polar surface area (TPSA) is 61.4 Å². The van der Waals surface area contributed by atoms with Crippen molar-refractivity contribution < 1.29 is 9.59 Å². The van der Waals surface area contributed by atoms with Crippen LogP contribution in [0.4, 0.5) is 5.69 Å². The Morgan fingerprint density at radius 1 is 1.04 bits per heavy atom. The molecule has 2 amide bonds. The number of hydrogen-bond acceptors (Lipinski definition) is 3. The first-order valence-electron chi connectivity index (χ1n) is 10.5. The summed E-state index contributed by atoms with van der Waals surface area (Å²) >= 11 is 0. The van der Waals surface area contributed by atoms with E-state index >= 15 is 0 Å². The fraction of sp³-hybridized carbons (Fsp3) is 0.636. The quantitative estimate of drug-likeness (QED) is 0.799. The normalized spacial score (nSPS) is 18.9. The number of piperidine rings is 1. The van der Waals surface area contributed by atoms with E-state index in [1.54, 1.807) is 0 Å². The molecule has 2 fully saturated rings. The van der Waals surface area contributed by atoms with Crippen LogP contribution in [0.15, 0.2) is 24.3 Å². The summed E-state index contributed by atoms with van der Waals surface area (Å²) in [6, 6.07) is 7.68. The maximum absolute atomic E-state index is 12.7. The molecule has 1 heterocycles. The minimum Gasteiger partial charge on any atom is -0.339 e. The lowest BCUT2D eigenvalue weighted by Crippen LogP contribution is -2.38. The zero-order valence-corrected chi connectivity index (χ0v) is 16.5. The number of hydrogen-bond donors (Lipinski definition) is 2. The fourth-order valence-corrected chi connectivity index (χ4v) is 4.26. The summed E-state index contributed by atoms with van der Waals surface area (Å²) in [6.45, 7) is 2.13. The molecule has 2 N–H and O–H groups in total. The minimum absolute atomic E-state index is 0.0620. The summed E-state index contributed by atoms with van der Waals surface area (Å²) in [5.74, 6) is 0.796. The summed E-state index contributed by atoms with van der Waals surface area (Å²) in [7, 11) is 1.91. The molecular weight excluding hydrogens is 338 g/mol. The SMILES string of the molecule is CN(C(=O)c1ccc(NC(=O)CCC2CCNCC2)cc1)C1CCCCC1. The Morgan fingerprint density at radius 3 is 2.37 bits per heavy atom. The Labute approximate surface area is 162 Å². The van der Waals surface area contributed by atoms with Crippen molar-refractivity contribution in [1.82, 2.24) is 10.2 Å². The lowest BCUT2D eigenvalue weighted by molar-refractivity contribution is -0.116. The number of carbonyl (C=O) groups excluding carboxylic acids is 2. The van der Waals surface area contributed by atoms with Gasteiger partial charge in [0.05, 0.1) is 0 Å². The number of nitrogens with zero attached hydrogens (tertiary/aromatic N) is 1. The van der Waals surface area contributed by atoms with Gasteiger partial charge in [-0.05, 0) is 75.4 Å². The highest BCUT2D eigenvalue weighted by atomic mass is 16.2. The van der Waals surface area contributed by atoms with Gasteiger partial charge in [-0.25, -0.2) is 0 Å². The van der Waals surface area contributed by atoms with Gasteiger partial charge in [-0.15, -0.1) is 0 Å². The highest BCUT2D eigenvalue weighted by Crippen LogP contribution is 2.23. The number of amides is 2. The van der Waals surface area contributed by atoms with Gasteiger partial charge in [0, 0.05) is 30.8 Å². The van der Waals surface area contributed by atoms with Gasteiger partial charge in [0.2, 0.25) is 5.91 Å². The van der Waals surface area contributed by atoms with E-state index in [2.05, 4.69) is 10.6 Å². The van der Waals surface area contributed by atoms with Crippen molar-refractivity contribution in [3.63, 3.8) is 0 Å². The van der Waals surface area contributed by atoms with Crippen LogP contribution in [0.5, 0.6) is 0 Å². The van der Waals surface area contributed by atoms with Crippen LogP contribution in [0.25, 0.3) is 0 Å². The summed E-state index contributed by atoms with van der Waals surface area (Å²) in [5, 5.41) is 6.31. The molecule has 5 nitrogen and oxygen atoms in total. The van der Waals surface area contributed by atoms with E-state index in [1.807, 2.05) is 36.2 Å². The first kappa shape index (κ1) is 19.9. The molecule has 0 radical (unpaired) electrons. The monoisotopic (exact) mass is 371 g/mol. The molecule has 1 saturated heterocycles. The van der Waals surface area contributed by atoms with Crippen LogP contribution in [0, 0.1) is 5.92 Å². The molecule has 0 aromatic heterocycles. The molecule has 1 aliphatic carbocycles. The van der Waals surface area contributed by atoms with Crippen LogP contribution in [0.3, 0.4) is 0 Å². The predicted octanol–water partition coefficient (Wildman–Crippen LogP) is 3.81. The van der Waals surface area contributed by atoms with Gasteiger partial charge in [-0.3, -0.25) is 9.59 Å². The van der Waals surface area contributed by atoms with Crippen LogP contribution in [0.1, 0.15) is 68.1 Å². The second-order valence-electron chi connectivity index (χ2n) is 8.07. The molecule has 1 aromatic carbocycles. The molecule has 2 aliphatic rings. The third-order valence-corrected chi connectivity index (χ3v) is 6.10. The maximum Gasteiger partial charge on any atom is 0.253 e. The molecule has 1 aromatic rings. The van der Waals surface area contributed by atoms with Crippen LogP contribution < -0.4 is 10.6 Å². The number of rotatable bonds is 6. The molecule has 1 saturated carbocycles. The van der Waals surface area contributed by atoms with Crippen molar-refractivity contribution in [2.24, 2.45) is 5.92 Å². The Balaban J connectivity index is 1.47. The fourth-order valence-electron chi connectivity index (χ4n) is 4.26. The number of benzene rings is 1. The van der Waals surface area contributed by atoms with E-state index in [-0.39, 0.29) is 11.8 Å². The number of nitrogens with one attached hydrogen (secondary N) is 2. The molecule has 5 heteroatoms. The van der Waals surface area contributed by atoms with Gasteiger partial charge in [0.25, 0.3) is 5.91 Å². The first-order chi connectivity index (χ1) is 13.1. The lowest BCUT2D eigenvalue weighted by Gasteiger charge is -2.31. The molecule has 0 spiro atoms. The van der Waals surface area contributed by atoms with Crippen LogP contribution in [-0.4, -0.2) is 42.9 Å². The van der Waals surface area contributed by atoms with Crippen molar-refractivity contribution in [2.45, 2.75) is 63.8 Å². The Morgan fingerprint density at radius 2 is 1.70 bits per heavy atom. The van der Waals surface area contributed by atoms with Crippen molar-refractivity contribution in [3.8, 4) is 0 Å². The summed E-state index contributed by atoms with van der Waals surface area (Å²) < 4.78 is 0. The lowest BCUT2D eigenvalue weighted by atomic mass is 9.93. The average Bonchev–Trinajstić information content (AvgIpc) is 2.73. The van der Waals surface area contributed by atoms with Gasteiger partial charge in [-0.1, -0.05) is 19.3 Å². The van der Waals surface area contributed by atoms with Gasteiger partial charge in [-0.2, -0.15) is 0 Å². The first-order valence-corrected chi connectivity index (χ1v) is 10.5. The van der Waals surface area contributed by atoms with E-state index in [4.69, 9.17) is 0 Å². The molecule has 0 atom stereocenters. The van der Waals surface area contributed by atoms with Crippen LogP contribution in [0.2, 0.25) is 0 Å². The van der Waals surface area contributed by atoms with Crippen LogP contribution >= 0.6 is 0 Å². The smallest absolute Gasteiger partial charge is 0.253 e. The second kappa shape index (κ2) is 9.88. The highest BCUT2D eigenvalue weighted by Gasteiger charge is 2.23. The van der Waals surface area contributed by atoms with Gasteiger partial charge in [0.1, 0.15) is 0 Å². The van der Waals surface area contributed by atoms with Crippen molar-refractivity contribution in [2.75, 3.05) is 25.5 Å². The zero-order valence-electron chi connectivity index (χ0n) is 16.5. The van der Waals surface area contributed by atoms with Crippen LogP contribution in [-0.2, 0) is 4.79 Å². The Kier molecular flexibility index (Phi) is 7.27. The van der Waals surface area contributed by atoms with E-state index in [0.717, 1.165) is 38.0 Å². The van der Waals surface area contributed by atoms with Crippen molar-refractivity contribution in [1.29, 1.82) is 0 Å². The molecule has 0 bridgehead atoms. The Hall–Kier alpha value is -1.88. The summed E-state index contributed by atoms with van der Waals surface area (Å²) in [5.41, 5.74) is 1.46. The van der Waals surface area contributed by atoms with Crippen molar-refractivity contribution >= 4 is 17.5 Å². The maximum atomic E-state index is 12.7. The third kappa shape index (κ3) is 5.80. The molecule has 27 heavy (non-hydrogen) atoms. The molecular formula is C22H33N3O2. The predicted molar refractivity (Wildman–Crippen MR) is 109 cm³/mol. The van der Waals surface area contributed by atoms with Gasteiger partial charge < -0.3 is 15.5 Å². The average molecular weight is 372 g/mol. The van der Waals surface area contributed by atoms with E-state index in [1.165, 1.54) is 32.1 Å². The van der Waals surface area contributed by atoms with Gasteiger partial charge >= 0.3 is 0 Å². The highest BCUT2D eigenvalue weighted by molar-refractivity contribution is 5.95.